The summed E-state index contributed by atoms with van der Waals surface area (Å²) < 4.78 is 26.3. The van der Waals surface area contributed by atoms with Crippen LogP contribution in [-0.2, 0) is 9.53 Å². The highest BCUT2D eigenvalue weighted by molar-refractivity contribution is 7.80. The van der Waals surface area contributed by atoms with Gasteiger partial charge in [0.15, 0.2) is 5.11 Å². The van der Waals surface area contributed by atoms with Crippen LogP contribution in [0.2, 0.25) is 0 Å². The van der Waals surface area contributed by atoms with Gasteiger partial charge in [-0.25, -0.2) is 4.39 Å². The van der Waals surface area contributed by atoms with Crippen LogP contribution in [0.4, 0.5) is 15.8 Å². The van der Waals surface area contributed by atoms with Crippen LogP contribution >= 0.6 is 12.2 Å². The van der Waals surface area contributed by atoms with E-state index in [0.29, 0.717) is 16.5 Å². The minimum absolute atomic E-state index is 0.0865. The van der Waals surface area contributed by atoms with Gasteiger partial charge >= 0.3 is 0 Å². The van der Waals surface area contributed by atoms with Gasteiger partial charge in [-0.05, 0) is 92.3 Å². The van der Waals surface area contributed by atoms with Crippen LogP contribution in [0.25, 0.3) is 5.69 Å². The smallest absolute Gasteiger partial charge is 0.250 e. The molecule has 1 amide bonds. The van der Waals surface area contributed by atoms with Crippen molar-refractivity contribution in [3.63, 3.8) is 0 Å². The number of nitrogens with zero attached hydrogens (tertiary/aromatic N) is 3. The van der Waals surface area contributed by atoms with E-state index in [1.807, 2.05) is 49.1 Å². The quantitative estimate of drug-likeness (QED) is 0.280. The molecule has 10 heteroatoms. The Morgan fingerprint density at radius 3 is 2.50 bits per heavy atom. The predicted molar refractivity (Wildman–Crippen MR) is 157 cm³/mol. The van der Waals surface area contributed by atoms with Crippen molar-refractivity contribution in [2.75, 3.05) is 31.0 Å². The third-order valence-corrected chi connectivity index (χ3v) is 7.30. The normalized spacial score (nSPS) is 16.6. The highest BCUT2D eigenvalue weighted by Crippen LogP contribution is 2.45. The highest BCUT2D eigenvalue weighted by Gasteiger charge is 2.42. The molecule has 2 aromatic carbocycles. The molecule has 0 aliphatic carbocycles. The van der Waals surface area contributed by atoms with Gasteiger partial charge in [-0.1, -0.05) is 6.07 Å². The molecule has 8 nitrogen and oxygen atoms in total. The molecule has 5 rings (SSSR count). The first-order chi connectivity index (χ1) is 19.3. The van der Waals surface area contributed by atoms with Gasteiger partial charge in [-0.2, -0.15) is 0 Å². The molecule has 0 spiro atoms. The van der Waals surface area contributed by atoms with Crippen molar-refractivity contribution in [2.45, 2.75) is 25.9 Å². The number of benzene rings is 2. The Kier molecular flexibility index (Phi) is 7.81. The largest absolute Gasteiger partial charge is 0.495 e. The number of carbonyl (C=O) groups excluding carboxylic acids is 1. The highest BCUT2D eigenvalue weighted by atomic mass is 32.1. The number of pyridine rings is 1. The van der Waals surface area contributed by atoms with Gasteiger partial charge < -0.3 is 29.6 Å². The number of carbonyl (C=O) groups is 1. The lowest BCUT2D eigenvalue weighted by molar-refractivity contribution is -0.119. The second-order valence-electron chi connectivity index (χ2n) is 9.50. The lowest BCUT2D eigenvalue weighted by Gasteiger charge is -2.29. The molecular weight excluding hydrogens is 529 g/mol. The number of methoxy groups -OCH3 is 2. The topological polar surface area (TPSA) is 80.7 Å². The fraction of sp³-hybridized carbons (Fsp3) is 0.233. The van der Waals surface area contributed by atoms with Crippen LogP contribution in [0, 0.1) is 19.7 Å². The lowest BCUT2D eigenvalue weighted by atomic mass is 9.96. The van der Waals surface area contributed by atoms with E-state index < -0.39 is 0 Å². The summed E-state index contributed by atoms with van der Waals surface area (Å²) in [4.78, 5) is 19.0. The van der Waals surface area contributed by atoms with E-state index in [-0.39, 0.29) is 30.4 Å². The number of halogens is 1. The minimum Gasteiger partial charge on any atom is -0.495 e. The van der Waals surface area contributed by atoms with E-state index in [9.17, 15) is 9.18 Å². The summed E-state index contributed by atoms with van der Waals surface area (Å²) in [7, 11) is 3.01. The fourth-order valence-corrected chi connectivity index (χ4v) is 5.63. The van der Waals surface area contributed by atoms with E-state index in [1.165, 1.54) is 19.2 Å². The van der Waals surface area contributed by atoms with Gasteiger partial charge in [-0.3, -0.25) is 9.78 Å². The van der Waals surface area contributed by atoms with E-state index >= 15 is 0 Å². The second-order valence-corrected chi connectivity index (χ2v) is 9.89. The van der Waals surface area contributed by atoms with Crippen molar-refractivity contribution in [3.8, 4) is 11.4 Å². The summed E-state index contributed by atoms with van der Waals surface area (Å²) in [5, 5.41) is 6.86. The molecule has 0 bridgehead atoms. The molecule has 2 atom stereocenters. The molecular formula is C30H30FN5O3S. The first-order valence-electron chi connectivity index (χ1n) is 12.7. The van der Waals surface area contributed by atoms with Crippen molar-refractivity contribution in [1.82, 2.24) is 14.9 Å². The average Bonchev–Trinajstić information content (AvgIpc) is 3.44. The van der Waals surface area contributed by atoms with Gasteiger partial charge in [0.1, 0.15) is 18.2 Å². The summed E-state index contributed by atoms with van der Waals surface area (Å²) in [6, 6.07) is 19.4. The van der Waals surface area contributed by atoms with E-state index in [4.69, 9.17) is 21.7 Å². The zero-order valence-electron chi connectivity index (χ0n) is 22.6. The zero-order chi connectivity index (χ0) is 28.4. The number of amides is 1. The molecule has 1 aliphatic heterocycles. The Labute approximate surface area is 237 Å². The molecule has 1 saturated heterocycles. The first-order valence-corrected chi connectivity index (χ1v) is 13.2. The number of hydrogen-bond acceptors (Lipinski definition) is 5. The molecule has 1 aliphatic rings. The SMILES string of the molecule is COCC(=O)Nc1cc(N2C(=S)N[C@H](c3ccccn3)[C@@H]2c2cc(C)n(-c3ccc(F)cc3)c2C)ccc1OC. The molecule has 1 fully saturated rings. The zero-order valence-corrected chi connectivity index (χ0v) is 23.5. The van der Waals surface area contributed by atoms with Gasteiger partial charge in [-0.15, -0.1) is 0 Å². The third-order valence-electron chi connectivity index (χ3n) is 6.98. The summed E-state index contributed by atoms with van der Waals surface area (Å²) in [5.41, 5.74) is 6.00. The summed E-state index contributed by atoms with van der Waals surface area (Å²) in [6.45, 7) is 3.99. The maximum atomic E-state index is 13.7. The first kappa shape index (κ1) is 27.3. The Hall–Kier alpha value is -4.28. The van der Waals surface area contributed by atoms with E-state index in [1.54, 1.807) is 31.5 Å². The summed E-state index contributed by atoms with van der Waals surface area (Å²) >= 11 is 5.90. The number of thiocarbonyl (C=S) groups is 1. The molecule has 40 heavy (non-hydrogen) atoms. The minimum atomic E-state index is -0.300. The number of hydrogen-bond donors (Lipinski definition) is 2. The van der Waals surface area contributed by atoms with Gasteiger partial charge in [0.05, 0.1) is 30.6 Å². The lowest BCUT2D eigenvalue weighted by Crippen LogP contribution is -2.29. The fourth-order valence-electron chi connectivity index (χ4n) is 5.28. The molecule has 0 radical (unpaired) electrons. The molecule has 206 valence electrons. The van der Waals surface area contributed by atoms with Crippen LogP contribution in [0.5, 0.6) is 5.75 Å². The molecule has 0 saturated carbocycles. The second kappa shape index (κ2) is 11.4. The number of aryl methyl sites for hydroxylation is 1. The summed E-state index contributed by atoms with van der Waals surface area (Å²) in [6.07, 6.45) is 1.76. The molecule has 2 aromatic heterocycles. The van der Waals surface area contributed by atoms with Gasteiger partial charge in [0.2, 0.25) is 5.91 Å². The Balaban J connectivity index is 1.64. The summed E-state index contributed by atoms with van der Waals surface area (Å²) in [5.74, 6) is -0.0736. The maximum absolute atomic E-state index is 13.7. The van der Waals surface area contributed by atoms with Crippen LogP contribution in [0.15, 0.2) is 72.9 Å². The average molecular weight is 560 g/mol. The monoisotopic (exact) mass is 559 g/mol. The Bertz CT molecular complexity index is 1540. The number of anilines is 2. The number of rotatable bonds is 8. The molecule has 2 N–H and O–H groups in total. The van der Waals surface area contributed by atoms with Gasteiger partial charge in [0, 0.05) is 36.1 Å². The van der Waals surface area contributed by atoms with Crippen LogP contribution in [-0.4, -0.2) is 41.4 Å². The third kappa shape index (κ3) is 5.15. The number of aromatic nitrogens is 2. The van der Waals surface area contributed by atoms with E-state index in [0.717, 1.165) is 34.0 Å². The van der Waals surface area contributed by atoms with Crippen molar-refractivity contribution < 1.29 is 18.7 Å². The number of nitrogens with one attached hydrogen (secondary N) is 2. The van der Waals surface area contributed by atoms with E-state index in [2.05, 4.69) is 26.3 Å². The molecule has 4 aromatic rings. The molecule has 3 heterocycles. The number of ether oxygens (including phenoxy) is 2. The van der Waals surface area contributed by atoms with Crippen LogP contribution in [0.3, 0.4) is 0 Å². The predicted octanol–water partition coefficient (Wildman–Crippen LogP) is 5.40. The Morgan fingerprint density at radius 1 is 1.07 bits per heavy atom. The van der Waals surface area contributed by atoms with Crippen molar-refractivity contribution in [3.05, 3.63) is 101 Å². The standard InChI is InChI=1S/C30H30FN5O3S/c1-18-15-23(19(2)35(18)21-10-8-20(31)9-11-21)29-28(24-7-5-6-14-32-24)34-30(40)36(29)22-12-13-26(39-4)25(16-22)33-27(37)17-38-3/h5-16,28-29H,17H2,1-4H3,(H,33,37)(H,34,40)/t28-,29+/m1/s1. The van der Waals surface area contributed by atoms with Crippen LogP contribution < -0.4 is 20.3 Å². The Morgan fingerprint density at radius 2 is 1.82 bits per heavy atom. The van der Waals surface area contributed by atoms with Crippen molar-refractivity contribution in [2.24, 2.45) is 0 Å². The van der Waals surface area contributed by atoms with Crippen molar-refractivity contribution in [1.29, 1.82) is 0 Å². The van der Waals surface area contributed by atoms with Crippen molar-refractivity contribution >= 4 is 34.6 Å². The van der Waals surface area contributed by atoms with Gasteiger partial charge in [0.25, 0.3) is 0 Å². The molecule has 0 unspecified atom stereocenters. The maximum Gasteiger partial charge on any atom is 0.250 e. The van der Waals surface area contributed by atoms with Crippen LogP contribution in [0.1, 0.15) is 34.7 Å².